The number of carbonyl (C=O) groups excluding carboxylic acids is 1. The quantitative estimate of drug-likeness (QED) is 0.789. The fourth-order valence-corrected chi connectivity index (χ4v) is 2.98. The Morgan fingerprint density at radius 1 is 1.08 bits per heavy atom. The van der Waals surface area contributed by atoms with Crippen LogP contribution in [0.25, 0.3) is 11.0 Å². The lowest BCUT2D eigenvalue weighted by molar-refractivity contribution is -0.116. The van der Waals surface area contributed by atoms with Crippen molar-refractivity contribution in [1.82, 2.24) is 9.13 Å². The number of carbonyl (C=O) groups is 1. The molecule has 0 fully saturated rings. The van der Waals surface area contributed by atoms with Crippen molar-refractivity contribution in [2.24, 2.45) is 7.05 Å². The minimum absolute atomic E-state index is 0.0609. The molecule has 1 amide bonds. The van der Waals surface area contributed by atoms with Gasteiger partial charge in [0, 0.05) is 18.8 Å². The normalized spacial score (nSPS) is 13.0. The lowest BCUT2D eigenvalue weighted by Crippen LogP contribution is -2.28. The summed E-state index contributed by atoms with van der Waals surface area (Å²) in [7, 11) is 1.69. The average molecular weight is 339 g/mol. The van der Waals surface area contributed by atoms with Crippen molar-refractivity contribution in [2.75, 3.05) is 18.5 Å². The first kappa shape index (κ1) is 15.3. The number of anilines is 1. The molecule has 4 rings (SSSR count). The van der Waals surface area contributed by atoms with Crippen LogP contribution >= 0.6 is 0 Å². The molecule has 0 bridgehead atoms. The summed E-state index contributed by atoms with van der Waals surface area (Å²) in [6.07, 6.45) is 0. The molecule has 1 aliphatic heterocycles. The number of para-hydroxylation sites is 2. The number of aryl methyl sites for hydroxylation is 1. The Hall–Kier alpha value is -3.22. The van der Waals surface area contributed by atoms with Crippen molar-refractivity contribution in [2.45, 2.75) is 6.54 Å². The van der Waals surface area contributed by atoms with E-state index in [2.05, 4.69) is 5.32 Å². The van der Waals surface area contributed by atoms with Crippen LogP contribution in [0.3, 0.4) is 0 Å². The van der Waals surface area contributed by atoms with Crippen molar-refractivity contribution in [3.05, 3.63) is 52.9 Å². The molecule has 0 atom stereocenters. The zero-order valence-electron chi connectivity index (χ0n) is 13.7. The lowest BCUT2D eigenvalue weighted by atomic mass is 10.2. The molecule has 0 saturated carbocycles. The van der Waals surface area contributed by atoms with Gasteiger partial charge in [-0.2, -0.15) is 0 Å². The smallest absolute Gasteiger partial charge is 0.329 e. The van der Waals surface area contributed by atoms with Crippen molar-refractivity contribution in [3.63, 3.8) is 0 Å². The molecule has 2 aromatic carbocycles. The Bertz CT molecular complexity index is 1020. The number of hydrogen-bond acceptors (Lipinski definition) is 4. The molecule has 1 aliphatic rings. The van der Waals surface area contributed by atoms with Crippen LogP contribution in [-0.4, -0.2) is 28.3 Å². The number of rotatable bonds is 3. The van der Waals surface area contributed by atoms with E-state index < -0.39 is 0 Å². The molecule has 7 nitrogen and oxygen atoms in total. The van der Waals surface area contributed by atoms with Crippen LogP contribution in [0.2, 0.25) is 0 Å². The van der Waals surface area contributed by atoms with Gasteiger partial charge in [0.1, 0.15) is 19.8 Å². The van der Waals surface area contributed by atoms with E-state index in [0.29, 0.717) is 30.4 Å². The van der Waals surface area contributed by atoms with Crippen LogP contribution in [0.5, 0.6) is 11.5 Å². The first-order valence-electron chi connectivity index (χ1n) is 7.97. The molecule has 1 aromatic heterocycles. The highest BCUT2D eigenvalue weighted by Crippen LogP contribution is 2.32. The van der Waals surface area contributed by atoms with Crippen LogP contribution in [-0.2, 0) is 18.4 Å². The van der Waals surface area contributed by atoms with Crippen molar-refractivity contribution < 1.29 is 14.3 Å². The number of benzene rings is 2. The zero-order valence-corrected chi connectivity index (χ0v) is 13.7. The van der Waals surface area contributed by atoms with E-state index in [9.17, 15) is 9.59 Å². The second kappa shape index (κ2) is 6.01. The van der Waals surface area contributed by atoms with Crippen LogP contribution in [0.1, 0.15) is 0 Å². The highest BCUT2D eigenvalue weighted by atomic mass is 16.6. The largest absolute Gasteiger partial charge is 0.486 e. The van der Waals surface area contributed by atoms with Crippen LogP contribution in [0.4, 0.5) is 5.69 Å². The fourth-order valence-electron chi connectivity index (χ4n) is 2.98. The van der Waals surface area contributed by atoms with Crippen LogP contribution in [0.15, 0.2) is 47.3 Å². The number of aromatic nitrogens is 2. The van der Waals surface area contributed by atoms with E-state index in [4.69, 9.17) is 9.47 Å². The van der Waals surface area contributed by atoms with Gasteiger partial charge in [-0.15, -0.1) is 0 Å². The van der Waals surface area contributed by atoms with E-state index >= 15 is 0 Å². The molecule has 0 spiro atoms. The topological polar surface area (TPSA) is 74.5 Å². The van der Waals surface area contributed by atoms with Gasteiger partial charge < -0.3 is 14.8 Å². The van der Waals surface area contributed by atoms with Crippen LogP contribution in [0, 0.1) is 0 Å². The van der Waals surface area contributed by atoms with Gasteiger partial charge in [-0.1, -0.05) is 12.1 Å². The van der Waals surface area contributed by atoms with Gasteiger partial charge in [0.25, 0.3) is 0 Å². The van der Waals surface area contributed by atoms with Crippen molar-refractivity contribution >= 4 is 22.6 Å². The molecule has 2 heterocycles. The molecule has 3 aromatic rings. The summed E-state index contributed by atoms with van der Waals surface area (Å²) < 4.78 is 14.0. The number of amides is 1. The monoisotopic (exact) mass is 339 g/mol. The predicted octanol–water partition coefficient (Wildman–Crippen LogP) is 1.75. The maximum Gasteiger partial charge on any atom is 0.329 e. The lowest BCUT2D eigenvalue weighted by Gasteiger charge is -2.19. The summed E-state index contributed by atoms with van der Waals surface area (Å²) in [6, 6.07) is 12.6. The number of nitrogens with zero attached hydrogens (tertiary/aromatic N) is 2. The maximum atomic E-state index is 12.4. The van der Waals surface area contributed by atoms with Gasteiger partial charge in [0.2, 0.25) is 5.91 Å². The van der Waals surface area contributed by atoms with Gasteiger partial charge in [0.15, 0.2) is 11.5 Å². The third kappa shape index (κ3) is 2.73. The summed E-state index contributed by atoms with van der Waals surface area (Å²) in [5.74, 6) is 0.982. The summed E-state index contributed by atoms with van der Waals surface area (Å²) in [6.45, 7) is 0.938. The third-order valence-corrected chi connectivity index (χ3v) is 4.18. The number of ether oxygens (including phenoxy) is 2. The summed E-state index contributed by atoms with van der Waals surface area (Å²) in [5.41, 5.74) is 1.90. The molecule has 0 radical (unpaired) electrons. The van der Waals surface area contributed by atoms with Crippen LogP contribution < -0.4 is 20.5 Å². The van der Waals surface area contributed by atoms with Crippen molar-refractivity contribution in [3.8, 4) is 11.5 Å². The molecule has 25 heavy (non-hydrogen) atoms. The number of hydrogen-bond donors (Lipinski definition) is 1. The highest BCUT2D eigenvalue weighted by Gasteiger charge is 2.15. The SMILES string of the molecule is Cn1c(=O)n(CC(=O)Nc2ccc3c(c2)OCCO3)c2ccccc21. The van der Waals surface area contributed by atoms with Gasteiger partial charge >= 0.3 is 5.69 Å². The molecular formula is C18H17N3O4. The maximum absolute atomic E-state index is 12.4. The number of fused-ring (bicyclic) bond motifs is 2. The second-order valence-electron chi connectivity index (χ2n) is 5.82. The van der Waals surface area contributed by atoms with Gasteiger partial charge in [-0.05, 0) is 24.3 Å². The van der Waals surface area contributed by atoms with Gasteiger partial charge in [-0.3, -0.25) is 13.9 Å². The highest BCUT2D eigenvalue weighted by molar-refractivity contribution is 5.92. The van der Waals surface area contributed by atoms with Crippen molar-refractivity contribution in [1.29, 1.82) is 0 Å². The predicted molar refractivity (Wildman–Crippen MR) is 93.2 cm³/mol. The minimum atomic E-state index is -0.282. The van der Waals surface area contributed by atoms with Gasteiger partial charge in [0.05, 0.1) is 11.0 Å². The Morgan fingerprint density at radius 3 is 2.60 bits per heavy atom. The first-order chi connectivity index (χ1) is 12.1. The Morgan fingerprint density at radius 2 is 1.80 bits per heavy atom. The molecule has 0 unspecified atom stereocenters. The fraction of sp³-hybridized carbons (Fsp3) is 0.222. The first-order valence-corrected chi connectivity index (χ1v) is 7.97. The third-order valence-electron chi connectivity index (χ3n) is 4.18. The molecule has 0 aliphatic carbocycles. The Labute approximate surface area is 143 Å². The summed E-state index contributed by atoms with van der Waals surface area (Å²) in [5, 5.41) is 2.80. The minimum Gasteiger partial charge on any atom is -0.486 e. The molecule has 7 heteroatoms. The van der Waals surface area contributed by atoms with E-state index in [1.165, 1.54) is 9.13 Å². The standard InChI is InChI=1S/C18H17N3O4/c1-20-13-4-2-3-5-14(13)21(18(20)23)11-17(22)19-12-6-7-15-16(10-12)25-9-8-24-15/h2-7,10H,8-9,11H2,1H3,(H,19,22). The Kier molecular flexibility index (Phi) is 3.68. The average Bonchev–Trinajstić information content (AvgIpc) is 2.87. The molecule has 1 N–H and O–H groups in total. The summed E-state index contributed by atoms with van der Waals surface area (Å²) in [4.78, 5) is 24.8. The summed E-state index contributed by atoms with van der Waals surface area (Å²) >= 11 is 0. The molecule has 128 valence electrons. The number of nitrogens with one attached hydrogen (secondary N) is 1. The van der Waals surface area contributed by atoms with Gasteiger partial charge in [-0.25, -0.2) is 4.79 Å². The molecule has 0 saturated heterocycles. The second-order valence-corrected chi connectivity index (χ2v) is 5.82. The van der Waals surface area contributed by atoms with E-state index in [-0.39, 0.29) is 18.1 Å². The zero-order chi connectivity index (χ0) is 17.4. The van der Waals surface area contributed by atoms with E-state index in [0.717, 1.165) is 11.0 Å². The Balaban J connectivity index is 1.57. The van der Waals surface area contributed by atoms with E-state index in [1.807, 2.05) is 24.3 Å². The van der Waals surface area contributed by atoms with E-state index in [1.54, 1.807) is 25.2 Å². The number of imidazole rings is 1. The molecular weight excluding hydrogens is 322 g/mol.